The first kappa shape index (κ1) is 14.2. The number of thiazole rings is 1. The fraction of sp³-hybridized carbons (Fsp3) is 0.267. The van der Waals surface area contributed by atoms with Crippen molar-refractivity contribution in [2.75, 3.05) is 13.2 Å². The van der Waals surface area contributed by atoms with E-state index in [0.717, 1.165) is 4.96 Å². The molecule has 110 valence electrons. The summed E-state index contributed by atoms with van der Waals surface area (Å²) in [4.78, 5) is 5.28. The van der Waals surface area contributed by atoms with Gasteiger partial charge >= 0.3 is 0 Å². The minimum absolute atomic E-state index is 0.273. The Hall–Kier alpha value is -1.76. The van der Waals surface area contributed by atoms with Crippen molar-refractivity contribution in [3.05, 3.63) is 59.1 Å². The number of aliphatic hydroxyl groups excluding tert-OH is 2. The van der Waals surface area contributed by atoms with Crippen LogP contribution in [0.2, 0.25) is 0 Å². The zero-order valence-electron chi connectivity index (χ0n) is 11.2. The van der Waals surface area contributed by atoms with Gasteiger partial charge in [0.15, 0.2) is 4.96 Å². The maximum absolute atomic E-state index is 14.1. The summed E-state index contributed by atoms with van der Waals surface area (Å²) in [6.45, 7) is -0.703. The van der Waals surface area contributed by atoms with Crippen LogP contribution < -0.4 is 0 Å². The third kappa shape index (κ3) is 2.46. The van der Waals surface area contributed by atoms with Gasteiger partial charge in [-0.2, -0.15) is 0 Å². The monoisotopic (exact) mass is 306 g/mol. The standard InChI is InChI=1S/C15H15FN2O2S/c16-13-4-2-1-3-12(13)15(9-19,10-20)7-11-8-18-5-6-21-14(18)17-11/h1-6,8,19-20H,7,9-10H2. The summed E-state index contributed by atoms with van der Waals surface area (Å²) in [5.74, 6) is -0.429. The van der Waals surface area contributed by atoms with E-state index in [2.05, 4.69) is 4.98 Å². The number of benzene rings is 1. The molecule has 0 spiro atoms. The summed E-state index contributed by atoms with van der Waals surface area (Å²) >= 11 is 1.50. The molecule has 2 N–H and O–H groups in total. The van der Waals surface area contributed by atoms with Gasteiger partial charge in [-0.3, -0.25) is 4.40 Å². The molecule has 0 aliphatic heterocycles. The lowest BCUT2D eigenvalue weighted by Crippen LogP contribution is -2.38. The molecule has 0 aliphatic rings. The summed E-state index contributed by atoms with van der Waals surface area (Å²) in [5, 5.41) is 21.5. The SMILES string of the molecule is OCC(CO)(Cc1cn2ccsc2n1)c1ccccc1F. The number of halogens is 1. The highest BCUT2D eigenvalue weighted by molar-refractivity contribution is 7.15. The smallest absolute Gasteiger partial charge is 0.193 e. The predicted molar refractivity (Wildman–Crippen MR) is 79.0 cm³/mol. The first-order chi connectivity index (χ1) is 10.2. The van der Waals surface area contributed by atoms with Gasteiger partial charge in [-0.15, -0.1) is 11.3 Å². The van der Waals surface area contributed by atoms with Crippen LogP contribution in [0.5, 0.6) is 0 Å². The normalized spacial score (nSPS) is 12.1. The molecule has 0 fully saturated rings. The van der Waals surface area contributed by atoms with E-state index in [-0.39, 0.29) is 19.6 Å². The van der Waals surface area contributed by atoms with Crippen LogP contribution in [0.15, 0.2) is 42.0 Å². The molecule has 3 rings (SSSR count). The average Bonchev–Trinajstić information content (AvgIpc) is 3.07. The molecule has 0 radical (unpaired) electrons. The molecule has 0 amide bonds. The Balaban J connectivity index is 2.01. The number of aliphatic hydroxyl groups is 2. The first-order valence-corrected chi connectivity index (χ1v) is 7.44. The highest BCUT2D eigenvalue weighted by atomic mass is 32.1. The Bertz CT molecular complexity index is 720. The van der Waals surface area contributed by atoms with E-state index in [1.807, 2.05) is 22.2 Å². The molecule has 3 aromatic rings. The summed E-state index contributed by atoms with van der Waals surface area (Å²) in [5.41, 5.74) is -0.0467. The molecule has 6 heteroatoms. The lowest BCUT2D eigenvalue weighted by molar-refractivity contribution is 0.112. The van der Waals surface area contributed by atoms with Crippen LogP contribution in [0.3, 0.4) is 0 Å². The molecular formula is C15H15FN2O2S. The molecule has 0 saturated heterocycles. The van der Waals surface area contributed by atoms with Crippen LogP contribution in [0.4, 0.5) is 4.39 Å². The Morgan fingerprint density at radius 3 is 2.67 bits per heavy atom. The predicted octanol–water partition coefficient (Wildman–Crippen LogP) is 2.00. The molecule has 0 atom stereocenters. The largest absolute Gasteiger partial charge is 0.395 e. The Labute approximate surface area is 125 Å². The second kappa shape index (κ2) is 5.55. The Morgan fingerprint density at radius 1 is 1.24 bits per heavy atom. The van der Waals surface area contributed by atoms with Gasteiger partial charge in [0, 0.05) is 29.6 Å². The van der Waals surface area contributed by atoms with Gasteiger partial charge in [0.2, 0.25) is 0 Å². The molecule has 2 aromatic heterocycles. The minimum Gasteiger partial charge on any atom is -0.395 e. The van der Waals surface area contributed by atoms with Gasteiger partial charge in [0.1, 0.15) is 5.82 Å². The molecule has 4 nitrogen and oxygen atoms in total. The number of hydrogen-bond acceptors (Lipinski definition) is 4. The van der Waals surface area contributed by atoms with Crippen LogP contribution in [0.25, 0.3) is 4.96 Å². The van der Waals surface area contributed by atoms with Crippen molar-refractivity contribution in [1.82, 2.24) is 9.38 Å². The first-order valence-electron chi connectivity index (χ1n) is 6.56. The van der Waals surface area contributed by atoms with Crippen molar-refractivity contribution >= 4 is 16.3 Å². The van der Waals surface area contributed by atoms with Crippen LogP contribution >= 0.6 is 11.3 Å². The summed E-state index contributed by atoms with van der Waals surface area (Å²) in [6.07, 6.45) is 4.00. The molecule has 0 bridgehead atoms. The van der Waals surface area contributed by atoms with Crippen molar-refractivity contribution < 1.29 is 14.6 Å². The van der Waals surface area contributed by atoms with E-state index in [1.54, 1.807) is 18.2 Å². The fourth-order valence-corrected chi connectivity index (χ4v) is 3.25. The number of nitrogens with zero attached hydrogens (tertiary/aromatic N) is 2. The summed E-state index contributed by atoms with van der Waals surface area (Å²) in [6, 6.07) is 6.22. The lowest BCUT2D eigenvalue weighted by atomic mass is 9.78. The topological polar surface area (TPSA) is 57.8 Å². The number of imidazole rings is 1. The second-order valence-corrected chi connectivity index (χ2v) is 5.95. The Morgan fingerprint density at radius 2 is 2.00 bits per heavy atom. The van der Waals surface area contributed by atoms with Crippen molar-refractivity contribution in [1.29, 1.82) is 0 Å². The maximum atomic E-state index is 14.1. The average molecular weight is 306 g/mol. The van der Waals surface area contributed by atoms with Gasteiger partial charge < -0.3 is 10.2 Å². The lowest BCUT2D eigenvalue weighted by Gasteiger charge is -2.30. The molecule has 2 heterocycles. The van der Waals surface area contributed by atoms with Crippen molar-refractivity contribution in [2.45, 2.75) is 11.8 Å². The summed E-state index contributed by atoms with van der Waals surface area (Å²) in [7, 11) is 0. The van der Waals surface area contributed by atoms with E-state index >= 15 is 0 Å². The molecule has 1 aromatic carbocycles. The van der Waals surface area contributed by atoms with Crippen molar-refractivity contribution in [3.63, 3.8) is 0 Å². The highest BCUT2D eigenvalue weighted by Crippen LogP contribution is 2.30. The third-order valence-electron chi connectivity index (χ3n) is 3.71. The van der Waals surface area contributed by atoms with E-state index in [4.69, 9.17) is 0 Å². The number of hydrogen-bond donors (Lipinski definition) is 2. The van der Waals surface area contributed by atoms with Crippen molar-refractivity contribution in [2.24, 2.45) is 0 Å². The van der Waals surface area contributed by atoms with Crippen molar-refractivity contribution in [3.8, 4) is 0 Å². The van der Waals surface area contributed by atoms with Gasteiger partial charge in [0.05, 0.1) is 18.9 Å². The Kier molecular flexibility index (Phi) is 3.75. The molecule has 0 saturated carbocycles. The van der Waals surface area contributed by atoms with E-state index in [1.165, 1.54) is 17.4 Å². The number of rotatable bonds is 5. The zero-order chi connectivity index (χ0) is 14.9. The van der Waals surface area contributed by atoms with Crippen LogP contribution in [0.1, 0.15) is 11.3 Å². The molecule has 0 unspecified atom stereocenters. The molecule has 0 aliphatic carbocycles. The van der Waals surface area contributed by atoms with Crippen LogP contribution in [-0.2, 0) is 11.8 Å². The van der Waals surface area contributed by atoms with Crippen LogP contribution in [-0.4, -0.2) is 32.8 Å². The fourth-order valence-electron chi connectivity index (χ4n) is 2.53. The van der Waals surface area contributed by atoms with Gasteiger partial charge in [-0.1, -0.05) is 18.2 Å². The third-order valence-corrected chi connectivity index (χ3v) is 4.48. The van der Waals surface area contributed by atoms with Crippen LogP contribution in [0, 0.1) is 5.82 Å². The molecular weight excluding hydrogens is 291 g/mol. The van der Waals surface area contributed by atoms with E-state index in [0.29, 0.717) is 11.3 Å². The number of aromatic nitrogens is 2. The quantitative estimate of drug-likeness (QED) is 0.758. The summed E-state index contributed by atoms with van der Waals surface area (Å²) < 4.78 is 15.9. The van der Waals surface area contributed by atoms with E-state index < -0.39 is 11.2 Å². The zero-order valence-corrected chi connectivity index (χ0v) is 12.1. The minimum atomic E-state index is -1.07. The maximum Gasteiger partial charge on any atom is 0.193 e. The van der Waals surface area contributed by atoms with Gasteiger partial charge in [0.25, 0.3) is 0 Å². The highest BCUT2D eigenvalue weighted by Gasteiger charge is 2.34. The van der Waals surface area contributed by atoms with Gasteiger partial charge in [-0.25, -0.2) is 9.37 Å². The van der Waals surface area contributed by atoms with Gasteiger partial charge in [-0.05, 0) is 11.6 Å². The van der Waals surface area contributed by atoms with E-state index in [9.17, 15) is 14.6 Å². The second-order valence-electron chi connectivity index (χ2n) is 5.08. The molecule has 21 heavy (non-hydrogen) atoms. The number of fused-ring (bicyclic) bond motifs is 1.